The largest absolute Gasteiger partial charge is 0.492 e. The first kappa shape index (κ1) is 17.9. The van der Waals surface area contributed by atoms with Crippen LogP contribution >= 0.6 is 15.9 Å². The number of rotatable bonds is 9. The van der Waals surface area contributed by atoms with Gasteiger partial charge in [-0.2, -0.15) is 0 Å². The Labute approximate surface area is 134 Å². The van der Waals surface area contributed by atoms with Crippen LogP contribution < -0.4 is 10.5 Å². The fraction of sp³-hybridized carbons (Fsp3) is 0.533. The van der Waals surface area contributed by atoms with Crippen LogP contribution in [-0.2, 0) is 9.53 Å². The third-order valence-corrected chi connectivity index (χ3v) is 3.59. The summed E-state index contributed by atoms with van der Waals surface area (Å²) < 4.78 is 11.5. The monoisotopic (exact) mass is 358 g/mol. The lowest BCUT2D eigenvalue weighted by atomic mass is 10.1. The fourth-order valence-corrected chi connectivity index (χ4v) is 2.06. The van der Waals surface area contributed by atoms with Gasteiger partial charge in [-0.05, 0) is 37.1 Å². The van der Waals surface area contributed by atoms with E-state index < -0.39 is 6.04 Å². The van der Waals surface area contributed by atoms with E-state index in [-0.39, 0.29) is 5.91 Å². The SMILES string of the molecule is COCCCC(N)C(=O)N(C)CCOc1ccc(Br)cc1. The Bertz CT molecular complexity index is 425. The minimum atomic E-state index is -0.474. The highest BCUT2D eigenvalue weighted by atomic mass is 79.9. The molecule has 0 aliphatic carbocycles. The summed E-state index contributed by atoms with van der Waals surface area (Å²) in [5.74, 6) is 0.717. The van der Waals surface area contributed by atoms with Gasteiger partial charge in [-0.15, -0.1) is 0 Å². The summed E-state index contributed by atoms with van der Waals surface area (Å²) in [4.78, 5) is 13.6. The van der Waals surface area contributed by atoms with Gasteiger partial charge in [-0.25, -0.2) is 0 Å². The minimum absolute atomic E-state index is 0.0643. The number of halogens is 1. The lowest BCUT2D eigenvalue weighted by molar-refractivity contribution is -0.131. The van der Waals surface area contributed by atoms with E-state index in [2.05, 4.69) is 15.9 Å². The number of nitrogens with two attached hydrogens (primary N) is 1. The van der Waals surface area contributed by atoms with Crippen molar-refractivity contribution in [2.24, 2.45) is 5.73 Å². The molecule has 1 rings (SSSR count). The van der Waals surface area contributed by atoms with Gasteiger partial charge in [0.2, 0.25) is 5.91 Å². The van der Waals surface area contributed by atoms with Crippen molar-refractivity contribution in [1.29, 1.82) is 0 Å². The molecule has 1 unspecified atom stereocenters. The van der Waals surface area contributed by atoms with E-state index in [1.54, 1.807) is 19.1 Å². The van der Waals surface area contributed by atoms with Gasteiger partial charge in [-0.3, -0.25) is 4.79 Å². The summed E-state index contributed by atoms with van der Waals surface area (Å²) in [6.07, 6.45) is 1.41. The number of carbonyl (C=O) groups excluding carboxylic acids is 1. The van der Waals surface area contributed by atoms with Crippen LogP contribution in [0.15, 0.2) is 28.7 Å². The first-order chi connectivity index (χ1) is 10.0. The van der Waals surface area contributed by atoms with E-state index in [0.717, 1.165) is 16.6 Å². The van der Waals surface area contributed by atoms with E-state index in [1.165, 1.54) is 0 Å². The summed E-state index contributed by atoms with van der Waals surface area (Å²) in [6.45, 7) is 1.57. The van der Waals surface area contributed by atoms with E-state index in [1.807, 2.05) is 24.3 Å². The zero-order valence-corrected chi connectivity index (χ0v) is 14.1. The number of benzene rings is 1. The molecule has 1 atom stereocenters. The quantitative estimate of drug-likeness (QED) is 0.686. The van der Waals surface area contributed by atoms with Crippen LogP contribution in [0.3, 0.4) is 0 Å². The molecule has 0 bridgehead atoms. The van der Waals surface area contributed by atoms with Gasteiger partial charge in [-0.1, -0.05) is 15.9 Å². The van der Waals surface area contributed by atoms with Crippen molar-refractivity contribution in [2.45, 2.75) is 18.9 Å². The number of carbonyl (C=O) groups is 1. The maximum Gasteiger partial charge on any atom is 0.239 e. The Morgan fingerprint density at radius 3 is 2.62 bits per heavy atom. The lowest BCUT2D eigenvalue weighted by Crippen LogP contribution is -2.43. The molecule has 0 saturated heterocycles. The molecule has 1 aromatic carbocycles. The molecule has 6 heteroatoms. The second kappa shape index (κ2) is 9.76. The summed E-state index contributed by atoms with van der Waals surface area (Å²) in [6, 6.07) is 7.11. The first-order valence-electron chi connectivity index (χ1n) is 6.92. The summed E-state index contributed by atoms with van der Waals surface area (Å²) in [5.41, 5.74) is 5.87. The summed E-state index contributed by atoms with van der Waals surface area (Å²) >= 11 is 3.37. The van der Waals surface area contributed by atoms with E-state index >= 15 is 0 Å². The standard InChI is InChI=1S/C15H23BrN2O3/c1-18(15(19)14(17)4-3-10-20-2)9-11-21-13-7-5-12(16)6-8-13/h5-8,14H,3-4,9-11,17H2,1-2H3. The molecule has 0 saturated carbocycles. The van der Waals surface area contributed by atoms with Gasteiger partial charge in [0.15, 0.2) is 0 Å². The Morgan fingerprint density at radius 1 is 1.33 bits per heavy atom. The Hall–Kier alpha value is -1.11. The Morgan fingerprint density at radius 2 is 2.00 bits per heavy atom. The molecule has 0 aliphatic heterocycles. The van der Waals surface area contributed by atoms with Crippen molar-refractivity contribution in [3.8, 4) is 5.75 Å². The number of hydrogen-bond acceptors (Lipinski definition) is 4. The van der Waals surface area contributed by atoms with Crippen LogP contribution in [0, 0.1) is 0 Å². The predicted octanol–water partition coefficient (Wildman–Crippen LogP) is 2.04. The van der Waals surface area contributed by atoms with E-state index in [0.29, 0.717) is 26.2 Å². The van der Waals surface area contributed by atoms with Gasteiger partial charge in [0.1, 0.15) is 12.4 Å². The zero-order valence-electron chi connectivity index (χ0n) is 12.5. The molecule has 5 nitrogen and oxygen atoms in total. The maximum atomic E-state index is 12.0. The average molecular weight is 359 g/mol. The molecule has 1 aromatic rings. The average Bonchev–Trinajstić information content (AvgIpc) is 2.48. The van der Waals surface area contributed by atoms with Gasteiger partial charge in [0, 0.05) is 25.2 Å². The fourth-order valence-electron chi connectivity index (χ4n) is 1.80. The lowest BCUT2D eigenvalue weighted by Gasteiger charge is -2.21. The highest BCUT2D eigenvalue weighted by molar-refractivity contribution is 9.10. The summed E-state index contributed by atoms with van der Waals surface area (Å²) in [5, 5.41) is 0. The molecule has 118 valence electrons. The Balaban J connectivity index is 2.27. The number of methoxy groups -OCH3 is 1. The first-order valence-corrected chi connectivity index (χ1v) is 7.71. The topological polar surface area (TPSA) is 64.8 Å². The second-order valence-electron chi connectivity index (χ2n) is 4.80. The van der Waals surface area contributed by atoms with Crippen molar-refractivity contribution >= 4 is 21.8 Å². The molecular formula is C15H23BrN2O3. The smallest absolute Gasteiger partial charge is 0.239 e. The van der Waals surface area contributed by atoms with Crippen LogP contribution in [0.2, 0.25) is 0 Å². The van der Waals surface area contributed by atoms with E-state index in [4.69, 9.17) is 15.2 Å². The molecule has 0 aliphatic rings. The van der Waals surface area contributed by atoms with Crippen LogP contribution in [0.4, 0.5) is 0 Å². The molecule has 0 spiro atoms. The molecule has 0 heterocycles. The molecular weight excluding hydrogens is 336 g/mol. The number of ether oxygens (including phenoxy) is 2. The van der Waals surface area contributed by atoms with Crippen LogP contribution in [0.5, 0.6) is 5.75 Å². The number of amides is 1. The molecule has 21 heavy (non-hydrogen) atoms. The summed E-state index contributed by atoms with van der Waals surface area (Å²) in [7, 11) is 3.38. The third-order valence-electron chi connectivity index (χ3n) is 3.07. The van der Waals surface area contributed by atoms with Gasteiger partial charge < -0.3 is 20.1 Å². The maximum absolute atomic E-state index is 12.0. The van der Waals surface area contributed by atoms with Crippen molar-refractivity contribution in [2.75, 3.05) is 33.9 Å². The molecule has 0 fully saturated rings. The van der Waals surface area contributed by atoms with Crippen molar-refractivity contribution in [3.63, 3.8) is 0 Å². The van der Waals surface area contributed by atoms with Gasteiger partial charge in [0.25, 0.3) is 0 Å². The highest BCUT2D eigenvalue weighted by Crippen LogP contribution is 2.15. The van der Waals surface area contributed by atoms with Gasteiger partial charge in [0.05, 0.1) is 12.6 Å². The second-order valence-corrected chi connectivity index (χ2v) is 5.72. The Kier molecular flexibility index (Phi) is 8.34. The predicted molar refractivity (Wildman–Crippen MR) is 86.4 cm³/mol. The highest BCUT2D eigenvalue weighted by Gasteiger charge is 2.17. The number of hydrogen-bond donors (Lipinski definition) is 1. The van der Waals surface area contributed by atoms with Crippen molar-refractivity contribution < 1.29 is 14.3 Å². The van der Waals surface area contributed by atoms with Crippen LogP contribution in [0.1, 0.15) is 12.8 Å². The minimum Gasteiger partial charge on any atom is -0.492 e. The van der Waals surface area contributed by atoms with Crippen LogP contribution in [0.25, 0.3) is 0 Å². The number of likely N-dealkylation sites (N-methyl/N-ethyl adjacent to an activating group) is 1. The van der Waals surface area contributed by atoms with Crippen molar-refractivity contribution in [1.82, 2.24) is 4.90 Å². The normalized spacial score (nSPS) is 12.0. The van der Waals surface area contributed by atoms with Crippen molar-refractivity contribution in [3.05, 3.63) is 28.7 Å². The zero-order chi connectivity index (χ0) is 15.7. The third kappa shape index (κ3) is 6.93. The molecule has 0 radical (unpaired) electrons. The molecule has 0 aromatic heterocycles. The van der Waals surface area contributed by atoms with E-state index in [9.17, 15) is 4.79 Å². The van der Waals surface area contributed by atoms with Gasteiger partial charge >= 0.3 is 0 Å². The molecule has 2 N–H and O–H groups in total. The number of nitrogens with zero attached hydrogens (tertiary/aromatic N) is 1. The van der Waals surface area contributed by atoms with Crippen LogP contribution in [-0.4, -0.2) is 50.8 Å². The molecule has 1 amide bonds.